The van der Waals surface area contributed by atoms with Crippen LogP contribution >= 0.6 is 0 Å². The molecule has 0 amide bonds. The lowest BCUT2D eigenvalue weighted by molar-refractivity contribution is 0.0722. The number of ether oxygens (including phenoxy) is 1. The predicted octanol–water partition coefficient (Wildman–Crippen LogP) is 1.97. The van der Waals surface area contributed by atoms with E-state index in [-0.39, 0.29) is 0 Å². The van der Waals surface area contributed by atoms with Gasteiger partial charge in [-0.05, 0) is 19.8 Å². The van der Waals surface area contributed by atoms with Crippen LogP contribution in [0.15, 0.2) is 0 Å². The van der Waals surface area contributed by atoms with Crippen LogP contribution in [0.25, 0.3) is 0 Å². The van der Waals surface area contributed by atoms with E-state index in [1.54, 1.807) is 0 Å². The molecular weight excluding hydrogens is 100 g/mol. The summed E-state index contributed by atoms with van der Waals surface area (Å²) in [5, 5.41) is 0. The van der Waals surface area contributed by atoms with Gasteiger partial charge in [0.05, 0.1) is 6.10 Å². The lowest BCUT2D eigenvalue weighted by atomic mass is 10.2. The summed E-state index contributed by atoms with van der Waals surface area (Å²) >= 11 is 0. The molecule has 0 aromatic rings. The molecule has 0 radical (unpaired) electrons. The van der Waals surface area contributed by atoms with Gasteiger partial charge in [0.25, 0.3) is 0 Å². The molecule has 1 atom stereocenters. The van der Waals surface area contributed by atoms with Crippen LogP contribution in [-0.4, -0.2) is 12.7 Å². The van der Waals surface area contributed by atoms with Gasteiger partial charge in [0, 0.05) is 6.61 Å². The molecule has 0 aromatic heterocycles. The van der Waals surface area contributed by atoms with Gasteiger partial charge in [-0.2, -0.15) is 0 Å². The molecule has 8 heavy (non-hydrogen) atoms. The number of rotatable bonds is 0. The smallest absolute Gasteiger partial charge is 0.0547 e. The first-order chi connectivity index (χ1) is 3.89. The van der Waals surface area contributed by atoms with Crippen LogP contribution in [0.5, 0.6) is 0 Å². The summed E-state index contributed by atoms with van der Waals surface area (Å²) in [5.41, 5.74) is 0. The molecule has 0 aromatic carbocycles. The van der Waals surface area contributed by atoms with E-state index in [4.69, 9.17) is 4.74 Å². The highest BCUT2D eigenvalue weighted by Gasteiger charge is 2.04. The summed E-state index contributed by atoms with van der Waals surface area (Å²) in [6.45, 7) is 3.15. The van der Waals surface area contributed by atoms with E-state index in [0.29, 0.717) is 6.10 Å². The zero-order valence-corrected chi connectivity index (χ0v) is 5.52. The quantitative estimate of drug-likeness (QED) is 0.468. The fraction of sp³-hybridized carbons (Fsp3) is 1.00. The average Bonchev–Trinajstić information content (AvgIpc) is 1.94. The maximum Gasteiger partial charge on any atom is 0.0547 e. The molecule has 1 rings (SSSR count). The Balaban J connectivity index is 2.17. The molecule has 1 nitrogen and oxygen atoms in total. The summed E-state index contributed by atoms with van der Waals surface area (Å²) in [4.78, 5) is 0. The summed E-state index contributed by atoms with van der Waals surface area (Å²) in [6, 6.07) is 0. The van der Waals surface area contributed by atoms with E-state index >= 15 is 0 Å². The minimum atomic E-state index is 0.525. The maximum atomic E-state index is 5.40. The Kier molecular flexibility index (Phi) is 2.34. The van der Waals surface area contributed by atoms with Crippen LogP contribution in [0.2, 0.25) is 0 Å². The van der Waals surface area contributed by atoms with Crippen molar-refractivity contribution in [1.82, 2.24) is 0 Å². The SMILES string of the molecule is C[C@H]1CCCCCO1. The van der Waals surface area contributed by atoms with Crippen LogP contribution < -0.4 is 0 Å². The highest BCUT2D eigenvalue weighted by atomic mass is 16.5. The van der Waals surface area contributed by atoms with Gasteiger partial charge in [-0.25, -0.2) is 0 Å². The standard InChI is InChI=1S/C7H14O/c1-7-5-3-2-4-6-8-7/h7H,2-6H2,1H3/t7-/m0/s1. The topological polar surface area (TPSA) is 9.23 Å². The van der Waals surface area contributed by atoms with Gasteiger partial charge < -0.3 is 4.74 Å². The molecule has 0 spiro atoms. The average molecular weight is 114 g/mol. The molecule has 1 saturated heterocycles. The largest absolute Gasteiger partial charge is 0.379 e. The van der Waals surface area contributed by atoms with Gasteiger partial charge in [0.2, 0.25) is 0 Å². The van der Waals surface area contributed by atoms with Crippen LogP contribution in [0, 0.1) is 0 Å². The molecule has 0 aliphatic carbocycles. The molecule has 48 valence electrons. The van der Waals surface area contributed by atoms with E-state index in [1.165, 1.54) is 25.7 Å². The van der Waals surface area contributed by atoms with E-state index in [2.05, 4.69) is 6.92 Å². The van der Waals surface area contributed by atoms with Crippen molar-refractivity contribution in [3.05, 3.63) is 0 Å². The van der Waals surface area contributed by atoms with Gasteiger partial charge in [0.1, 0.15) is 0 Å². The predicted molar refractivity (Wildman–Crippen MR) is 33.9 cm³/mol. The zero-order valence-electron chi connectivity index (χ0n) is 5.52. The Labute approximate surface area is 51.0 Å². The van der Waals surface area contributed by atoms with Gasteiger partial charge in [-0.3, -0.25) is 0 Å². The maximum absolute atomic E-state index is 5.40. The monoisotopic (exact) mass is 114 g/mol. The molecule has 1 fully saturated rings. The summed E-state index contributed by atoms with van der Waals surface area (Å²) in [7, 11) is 0. The Morgan fingerprint density at radius 2 is 2.12 bits per heavy atom. The third-order valence-electron chi connectivity index (χ3n) is 1.66. The number of hydrogen-bond donors (Lipinski definition) is 0. The zero-order chi connectivity index (χ0) is 5.82. The minimum absolute atomic E-state index is 0.525. The Hall–Kier alpha value is -0.0400. The van der Waals surface area contributed by atoms with Gasteiger partial charge >= 0.3 is 0 Å². The van der Waals surface area contributed by atoms with E-state index in [1.807, 2.05) is 0 Å². The van der Waals surface area contributed by atoms with Gasteiger partial charge in [0.15, 0.2) is 0 Å². The Morgan fingerprint density at radius 3 is 3.00 bits per heavy atom. The van der Waals surface area contributed by atoms with Crippen molar-refractivity contribution in [2.45, 2.75) is 38.7 Å². The van der Waals surface area contributed by atoms with Crippen LogP contribution in [0.4, 0.5) is 0 Å². The lowest BCUT2D eigenvalue weighted by Gasteiger charge is -2.05. The van der Waals surface area contributed by atoms with Crippen LogP contribution in [-0.2, 0) is 4.74 Å². The van der Waals surface area contributed by atoms with Crippen molar-refractivity contribution in [3.63, 3.8) is 0 Å². The van der Waals surface area contributed by atoms with Crippen molar-refractivity contribution in [1.29, 1.82) is 0 Å². The fourth-order valence-corrected chi connectivity index (χ4v) is 1.08. The second-order valence-electron chi connectivity index (χ2n) is 2.53. The van der Waals surface area contributed by atoms with E-state index in [9.17, 15) is 0 Å². The minimum Gasteiger partial charge on any atom is -0.379 e. The summed E-state index contributed by atoms with van der Waals surface area (Å²) in [6.07, 6.45) is 5.79. The first kappa shape index (κ1) is 6.09. The van der Waals surface area contributed by atoms with Crippen molar-refractivity contribution >= 4 is 0 Å². The summed E-state index contributed by atoms with van der Waals surface area (Å²) < 4.78 is 5.40. The van der Waals surface area contributed by atoms with Crippen molar-refractivity contribution < 1.29 is 4.74 Å². The van der Waals surface area contributed by atoms with Crippen LogP contribution in [0.1, 0.15) is 32.6 Å². The highest BCUT2D eigenvalue weighted by molar-refractivity contribution is 4.55. The van der Waals surface area contributed by atoms with E-state index in [0.717, 1.165) is 6.61 Å². The molecule has 1 aliphatic heterocycles. The molecular formula is C7H14O. The first-order valence-corrected chi connectivity index (χ1v) is 3.51. The third kappa shape index (κ3) is 1.83. The Bertz CT molecular complexity index is 53.4. The first-order valence-electron chi connectivity index (χ1n) is 3.51. The van der Waals surface area contributed by atoms with Crippen molar-refractivity contribution in [2.24, 2.45) is 0 Å². The molecule has 1 aliphatic rings. The fourth-order valence-electron chi connectivity index (χ4n) is 1.08. The van der Waals surface area contributed by atoms with Crippen molar-refractivity contribution in [2.75, 3.05) is 6.61 Å². The summed E-state index contributed by atoms with van der Waals surface area (Å²) in [5.74, 6) is 0. The highest BCUT2D eigenvalue weighted by Crippen LogP contribution is 2.11. The third-order valence-corrected chi connectivity index (χ3v) is 1.66. The Morgan fingerprint density at radius 1 is 1.25 bits per heavy atom. The molecule has 1 heterocycles. The molecule has 0 N–H and O–H groups in total. The normalized spacial score (nSPS) is 31.9. The second-order valence-corrected chi connectivity index (χ2v) is 2.53. The second kappa shape index (κ2) is 3.08. The van der Waals surface area contributed by atoms with Gasteiger partial charge in [-0.1, -0.05) is 12.8 Å². The molecule has 0 bridgehead atoms. The molecule has 0 unspecified atom stereocenters. The lowest BCUT2D eigenvalue weighted by Crippen LogP contribution is -2.04. The molecule has 1 heteroatoms. The number of hydrogen-bond acceptors (Lipinski definition) is 1. The van der Waals surface area contributed by atoms with E-state index < -0.39 is 0 Å². The van der Waals surface area contributed by atoms with Crippen molar-refractivity contribution in [3.8, 4) is 0 Å². The van der Waals surface area contributed by atoms with Gasteiger partial charge in [-0.15, -0.1) is 0 Å². The molecule has 0 saturated carbocycles. The van der Waals surface area contributed by atoms with Crippen LogP contribution in [0.3, 0.4) is 0 Å².